The van der Waals surface area contributed by atoms with Gasteiger partial charge in [-0.3, -0.25) is 0 Å². The predicted molar refractivity (Wildman–Crippen MR) is 73.8 cm³/mol. The van der Waals surface area contributed by atoms with Crippen LogP contribution in [0.15, 0.2) is 16.9 Å². The number of aromatic nitrogens is 4. The van der Waals surface area contributed by atoms with Gasteiger partial charge in [-0.05, 0) is 36.2 Å². The molecule has 2 aromatic rings. The Hall–Kier alpha value is -1.05. The van der Waals surface area contributed by atoms with Crippen LogP contribution in [0.3, 0.4) is 0 Å². The summed E-state index contributed by atoms with van der Waals surface area (Å²) in [5.41, 5.74) is -0.00844. The molecule has 1 aliphatic heterocycles. The summed E-state index contributed by atoms with van der Waals surface area (Å²) in [7, 11) is 0. The van der Waals surface area contributed by atoms with Gasteiger partial charge < -0.3 is 10.1 Å². The molecule has 0 radical (unpaired) electrons. The zero-order valence-electron chi connectivity index (χ0n) is 10.9. The number of hydrogen-bond acceptors (Lipinski definition) is 5. The van der Waals surface area contributed by atoms with Crippen LogP contribution in [-0.2, 0) is 11.3 Å². The van der Waals surface area contributed by atoms with Crippen molar-refractivity contribution in [2.45, 2.75) is 38.5 Å². The molecule has 1 fully saturated rings. The maximum absolute atomic E-state index is 5.60. The van der Waals surface area contributed by atoms with Gasteiger partial charge in [0.15, 0.2) is 5.82 Å². The minimum Gasteiger partial charge on any atom is -0.377 e. The fourth-order valence-electron chi connectivity index (χ4n) is 2.23. The second kappa shape index (κ2) is 4.81. The van der Waals surface area contributed by atoms with E-state index in [1.165, 1.54) is 0 Å². The van der Waals surface area contributed by atoms with E-state index < -0.39 is 0 Å². The number of fused-ring (bicyclic) bond motifs is 1. The van der Waals surface area contributed by atoms with Crippen LogP contribution in [0.25, 0.3) is 5.78 Å². The molecular weight excluding hydrogens is 310 g/mol. The molecule has 1 aliphatic rings. The smallest absolute Gasteiger partial charge is 0.252 e. The molecule has 2 unspecified atom stereocenters. The Bertz CT molecular complexity index is 601. The molecule has 0 saturated carbocycles. The predicted octanol–water partition coefficient (Wildman–Crippen LogP) is 1.54. The summed E-state index contributed by atoms with van der Waals surface area (Å²) >= 11 is 3.37. The first-order valence-corrected chi connectivity index (χ1v) is 7.09. The molecule has 3 heterocycles. The highest BCUT2D eigenvalue weighted by Crippen LogP contribution is 2.25. The molecule has 1 saturated heterocycles. The lowest BCUT2D eigenvalue weighted by molar-refractivity contribution is 0.0879. The summed E-state index contributed by atoms with van der Waals surface area (Å²) in [5, 5.41) is 7.90. The Morgan fingerprint density at radius 2 is 2.47 bits per heavy atom. The van der Waals surface area contributed by atoms with Crippen LogP contribution in [0.4, 0.5) is 0 Å². The monoisotopic (exact) mass is 325 g/mol. The van der Waals surface area contributed by atoms with Crippen LogP contribution in [-0.4, -0.2) is 37.8 Å². The molecule has 6 nitrogen and oxygen atoms in total. The van der Waals surface area contributed by atoms with Crippen LogP contribution in [0.1, 0.15) is 26.1 Å². The summed E-state index contributed by atoms with van der Waals surface area (Å²) < 4.78 is 8.17. The second-order valence-corrected chi connectivity index (χ2v) is 5.99. The largest absolute Gasteiger partial charge is 0.377 e. The van der Waals surface area contributed by atoms with Crippen LogP contribution in [0.2, 0.25) is 0 Å². The lowest BCUT2D eigenvalue weighted by Gasteiger charge is -2.28. The summed E-state index contributed by atoms with van der Waals surface area (Å²) in [6, 6.07) is 0. The van der Waals surface area contributed by atoms with Gasteiger partial charge in [0.05, 0.1) is 17.1 Å². The normalized spacial score (nSPS) is 27.2. The third-order valence-corrected chi connectivity index (χ3v) is 4.15. The van der Waals surface area contributed by atoms with Gasteiger partial charge in [-0.1, -0.05) is 0 Å². The molecule has 0 bridgehead atoms. The fourth-order valence-corrected chi connectivity index (χ4v) is 2.52. The molecule has 3 rings (SSSR count). The molecule has 19 heavy (non-hydrogen) atoms. The van der Waals surface area contributed by atoms with Crippen molar-refractivity contribution in [2.24, 2.45) is 0 Å². The molecule has 0 spiro atoms. The molecule has 2 atom stereocenters. The number of ether oxygens (including phenoxy) is 1. The zero-order valence-corrected chi connectivity index (χ0v) is 12.5. The standard InChI is InChI=1S/C12H16BrN5O/c1-8-12(2,3-4-19-8)15-6-10-16-11-14-5-9(13)7-18(11)17-10/h5,7-8,15H,3-4,6H2,1-2H3. The average Bonchev–Trinajstić information content (AvgIpc) is 2.91. The zero-order chi connectivity index (χ0) is 13.5. The SMILES string of the molecule is CC1OCCC1(C)NCc1nc2ncc(Br)cn2n1. The highest BCUT2D eigenvalue weighted by molar-refractivity contribution is 9.10. The molecule has 0 amide bonds. The average molecular weight is 326 g/mol. The maximum Gasteiger partial charge on any atom is 0.252 e. The van der Waals surface area contributed by atoms with Crippen LogP contribution in [0, 0.1) is 0 Å². The number of rotatable bonds is 3. The molecule has 1 N–H and O–H groups in total. The Balaban J connectivity index is 1.75. The van der Waals surface area contributed by atoms with E-state index in [0.717, 1.165) is 23.3 Å². The number of hydrogen-bond donors (Lipinski definition) is 1. The maximum atomic E-state index is 5.60. The van der Waals surface area contributed by atoms with E-state index in [1.54, 1.807) is 10.7 Å². The molecule has 102 valence electrons. The first kappa shape index (κ1) is 13.0. The van der Waals surface area contributed by atoms with Gasteiger partial charge in [0.25, 0.3) is 5.78 Å². The summed E-state index contributed by atoms with van der Waals surface area (Å²) in [6.45, 7) is 5.69. The lowest BCUT2D eigenvalue weighted by atomic mass is 9.95. The van der Waals surface area contributed by atoms with Crippen molar-refractivity contribution < 1.29 is 4.74 Å². The fraction of sp³-hybridized carbons (Fsp3) is 0.583. The highest BCUT2D eigenvalue weighted by Gasteiger charge is 2.36. The number of nitrogens with one attached hydrogen (secondary N) is 1. The van der Waals surface area contributed by atoms with Crippen molar-refractivity contribution in [3.05, 3.63) is 22.7 Å². The minimum atomic E-state index is -0.00844. The summed E-state index contributed by atoms with van der Waals surface area (Å²) in [5.74, 6) is 1.35. The van der Waals surface area contributed by atoms with Crippen molar-refractivity contribution in [3.63, 3.8) is 0 Å². The number of halogens is 1. The van der Waals surface area contributed by atoms with E-state index in [4.69, 9.17) is 4.74 Å². The van der Waals surface area contributed by atoms with Gasteiger partial charge in [0.1, 0.15) is 0 Å². The van der Waals surface area contributed by atoms with E-state index in [2.05, 4.69) is 50.2 Å². The second-order valence-electron chi connectivity index (χ2n) is 5.08. The van der Waals surface area contributed by atoms with Crippen molar-refractivity contribution in [1.82, 2.24) is 24.9 Å². The number of nitrogens with zero attached hydrogens (tertiary/aromatic N) is 4. The van der Waals surface area contributed by atoms with Gasteiger partial charge in [-0.25, -0.2) is 9.50 Å². The van der Waals surface area contributed by atoms with Crippen LogP contribution < -0.4 is 5.32 Å². The third kappa shape index (κ3) is 2.50. The minimum absolute atomic E-state index is 0.00844. The van der Waals surface area contributed by atoms with Crippen molar-refractivity contribution in [2.75, 3.05) is 6.61 Å². The van der Waals surface area contributed by atoms with Gasteiger partial charge in [0, 0.05) is 24.5 Å². The first-order valence-electron chi connectivity index (χ1n) is 6.30. The van der Waals surface area contributed by atoms with E-state index in [0.29, 0.717) is 12.3 Å². The topological polar surface area (TPSA) is 64.3 Å². The summed E-state index contributed by atoms with van der Waals surface area (Å²) in [4.78, 5) is 8.59. The van der Waals surface area contributed by atoms with Gasteiger partial charge in [-0.2, -0.15) is 4.98 Å². The summed E-state index contributed by atoms with van der Waals surface area (Å²) in [6.07, 6.45) is 4.78. The Kier molecular flexibility index (Phi) is 3.28. The van der Waals surface area contributed by atoms with Crippen molar-refractivity contribution in [3.8, 4) is 0 Å². The van der Waals surface area contributed by atoms with E-state index in [9.17, 15) is 0 Å². The third-order valence-electron chi connectivity index (χ3n) is 3.74. The molecule has 2 aromatic heterocycles. The van der Waals surface area contributed by atoms with Gasteiger partial charge in [-0.15, -0.1) is 5.10 Å². The van der Waals surface area contributed by atoms with E-state index in [-0.39, 0.29) is 11.6 Å². The van der Waals surface area contributed by atoms with E-state index in [1.807, 2.05) is 6.20 Å². The van der Waals surface area contributed by atoms with E-state index >= 15 is 0 Å². The Labute approximate surface area is 119 Å². The van der Waals surface area contributed by atoms with Gasteiger partial charge in [0.2, 0.25) is 0 Å². The quantitative estimate of drug-likeness (QED) is 0.927. The molecule has 0 aliphatic carbocycles. The van der Waals surface area contributed by atoms with Crippen molar-refractivity contribution in [1.29, 1.82) is 0 Å². The molecular formula is C12H16BrN5O. The van der Waals surface area contributed by atoms with Crippen molar-refractivity contribution >= 4 is 21.7 Å². The molecule has 0 aromatic carbocycles. The first-order chi connectivity index (χ1) is 9.07. The highest BCUT2D eigenvalue weighted by atomic mass is 79.9. The van der Waals surface area contributed by atoms with Crippen LogP contribution >= 0.6 is 15.9 Å². The Morgan fingerprint density at radius 3 is 3.21 bits per heavy atom. The molecule has 7 heteroatoms. The van der Waals surface area contributed by atoms with Crippen LogP contribution in [0.5, 0.6) is 0 Å². The Morgan fingerprint density at radius 1 is 1.63 bits per heavy atom. The lowest BCUT2D eigenvalue weighted by Crippen LogP contribution is -2.47. The van der Waals surface area contributed by atoms with Gasteiger partial charge >= 0.3 is 0 Å².